The fraction of sp³-hybridized carbons (Fsp3) is 0.467. The first-order valence-corrected chi connectivity index (χ1v) is 6.86. The van der Waals surface area contributed by atoms with Gasteiger partial charge in [0.15, 0.2) is 0 Å². The van der Waals surface area contributed by atoms with E-state index in [1.54, 1.807) is 6.08 Å². The monoisotopic (exact) mass is 374 g/mol. The molecule has 0 amide bonds. The molecule has 0 radical (unpaired) electrons. The summed E-state index contributed by atoms with van der Waals surface area (Å²) in [6.45, 7) is 6.75. The number of hydrogen-bond donors (Lipinski definition) is 1. The lowest BCUT2D eigenvalue weighted by Gasteiger charge is -2.35. The molecule has 8 heteroatoms. The number of alkyl halides is 3. The standard InChI is InChI=1S/C15H18F4N2.2ClH/c1-2-3-14(21-8-6-20-7-9-21)11-4-5-13(16)12(10-11)15(17,18)19;;/h2,4-5,10,14,20H,1,3,6-9H2;2*1H/t14-;;/m1../s1. The third-order valence-corrected chi connectivity index (χ3v) is 3.66. The predicted octanol–water partition coefficient (Wildman–Crippen LogP) is 4.21. The molecule has 1 N–H and O–H groups in total. The van der Waals surface area contributed by atoms with Crippen LogP contribution in [-0.2, 0) is 6.18 Å². The van der Waals surface area contributed by atoms with Crippen LogP contribution in [0.1, 0.15) is 23.6 Å². The fourth-order valence-corrected chi connectivity index (χ4v) is 2.62. The summed E-state index contributed by atoms with van der Waals surface area (Å²) in [5.41, 5.74) is -0.727. The quantitative estimate of drug-likeness (QED) is 0.627. The van der Waals surface area contributed by atoms with Gasteiger partial charge in [0.05, 0.1) is 5.56 Å². The Morgan fingerprint density at radius 3 is 2.35 bits per heavy atom. The van der Waals surface area contributed by atoms with Crippen LogP contribution < -0.4 is 5.32 Å². The highest BCUT2D eigenvalue weighted by Crippen LogP contribution is 2.35. The van der Waals surface area contributed by atoms with Crippen LogP contribution in [0.25, 0.3) is 0 Å². The minimum atomic E-state index is -4.68. The van der Waals surface area contributed by atoms with E-state index < -0.39 is 17.6 Å². The second-order valence-corrected chi connectivity index (χ2v) is 5.06. The molecule has 0 bridgehead atoms. The summed E-state index contributed by atoms with van der Waals surface area (Å²) in [5.74, 6) is -1.23. The van der Waals surface area contributed by atoms with Gasteiger partial charge in [-0.2, -0.15) is 13.2 Å². The third-order valence-electron chi connectivity index (χ3n) is 3.66. The molecule has 1 heterocycles. The highest BCUT2D eigenvalue weighted by atomic mass is 35.5. The van der Waals surface area contributed by atoms with Crippen molar-refractivity contribution in [2.45, 2.75) is 18.6 Å². The molecule has 0 unspecified atom stereocenters. The molecule has 23 heavy (non-hydrogen) atoms. The Balaban J connectivity index is 0.00000242. The molecule has 2 nitrogen and oxygen atoms in total. The predicted molar refractivity (Wildman–Crippen MR) is 87.9 cm³/mol. The van der Waals surface area contributed by atoms with Crippen molar-refractivity contribution in [1.82, 2.24) is 10.2 Å². The molecule has 132 valence electrons. The molecule has 1 aromatic rings. The minimum absolute atomic E-state index is 0. The second kappa shape index (κ2) is 9.47. The number of halogens is 6. The topological polar surface area (TPSA) is 15.3 Å². The van der Waals surface area contributed by atoms with Crippen molar-refractivity contribution in [3.05, 3.63) is 47.8 Å². The molecule has 1 aliphatic rings. The normalized spacial score (nSPS) is 16.9. The summed E-state index contributed by atoms with van der Waals surface area (Å²) < 4.78 is 51.9. The van der Waals surface area contributed by atoms with Crippen LogP contribution in [0.2, 0.25) is 0 Å². The van der Waals surface area contributed by atoms with Crippen molar-refractivity contribution >= 4 is 24.8 Å². The van der Waals surface area contributed by atoms with Gasteiger partial charge in [-0.15, -0.1) is 31.4 Å². The van der Waals surface area contributed by atoms with Gasteiger partial charge in [-0.25, -0.2) is 4.39 Å². The second-order valence-electron chi connectivity index (χ2n) is 5.06. The lowest BCUT2D eigenvalue weighted by molar-refractivity contribution is -0.140. The largest absolute Gasteiger partial charge is 0.419 e. The van der Waals surface area contributed by atoms with Crippen LogP contribution in [0.15, 0.2) is 30.9 Å². The molecule has 0 aromatic heterocycles. The van der Waals surface area contributed by atoms with Gasteiger partial charge in [-0.3, -0.25) is 4.90 Å². The Morgan fingerprint density at radius 1 is 1.22 bits per heavy atom. The number of hydrogen-bond acceptors (Lipinski definition) is 2. The van der Waals surface area contributed by atoms with E-state index in [1.165, 1.54) is 6.07 Å². The molecule has 1 aliphatic heterocycles. The van der Waals surface area contributed by atoms with Crippen LogP contribution in [0.3, 0.4) is 0 Å². The van der Waals surface area contributed by atoms with Gasteiger partial charge < -0.3 is 5.32 Å². The summed E-state index contributed by atoms with van der Waals surface area (Å²) in [7, 11) is 0. The first kappa shape index (κ1) is 22.2. The maximum atomic E-state index is 13.4. The Labute approximate surface area is 145 Å². The van der Waals surface area contributed by atoms with Crippen molar-refractivity contribution in [2.75, 3.05) is 26.2 Å². The zero-order valence-electron chi connectivity index (χ0n) is 12.4. The van der Waals surface area contributed by atoms with Crippen LogP contribution >= 0.6 is 24.8 Å². The first-order chi connectivity index (χ1) is 9.93. The van der Waals surface area contributed by atoms with E-state index in [1.807, 2.05) is 0 Å². The van der Waals surface area contributed by atoms with E-state index in [4.69, 9.17) is 0 Å². The fourth-order valence-electron chi connectivity index (χ4n) is 2.62. The van der Waals surface area contributed by atoms with Crippen molar-refractivity contribution in [3.63, 3.8) is 0 Å². The summed E-state index contributed by atoms with van der Waals surface area (Å²) in [4.78, 5) is 2.10. The molecular weight excluding hydrogens is 355 g/mol. The maximum absolute atomic E-state index is 13.4. The van der Waals surface area contributed by atoms with Gasteiger partial charge in [0.2, 0.25) is 0 Å². The van der Waals surface area contributed by atoms with E-state index in [0.717, 1.165) is 38.3 Å². The van der Waals surface area contributed by atoms with Crippen molar-refractivity contribution in [3.8, 4) is 0 Å². The van der Waals surface area contributed by atoms with Crippen molar-refractivity contribution in [1.29, 1.82) is 0 Å². The number of rotatable bonds is 4. The average molecular weight is 375 g/mol. The molecule has 1 aromatic carbocycles. The molecule has 1 atom stereocenters. The molecule has 0 saturated carbocycles. The van der Waals surface area contributed by atoms with Gasteiger partial charge in [0.25, 0.3) is 0 Å². The lowest BCUT2D eigenvalue weighted by atomic mass is 9.98. The maximum Gasteiger partial charge on any atom is 0.419 e. The summed E-state index contributed by atoms with van der Waals surface area (Å²) in [6, 6.07) is 3.05. The van der Waals surface area contributed by atoms with Crippen LogP contribution in [0, 0.1) is 5.82 Å². The van der Waals surface area contributed by atoms with Gasteiger partial charge in [-0.1, -0.05) is 12.1 Å². The van der Waals surface area contributed by atoms with Crippen molar-refractivity contribution in [2.24, 2.45) is 0 Å². The zero-order chi connectivity index (χ0) is 15.5. The Bertz CT molecular complexity index is 503. The molecular formula is C15H20Cl2F4N2. The molecule has 2 rings (SSSR count). The summed E-state index contributed by atoms with van der Waals surface area (Å²) >= 11 is 0. The number of piperazine rings is 1. The SMILES string of the molecule is C=CC[C@H](c1ccc(F)c(C(F)(F)F)c1)N1CCNCC1.Cl.Cl. The summed E-state index contributed by atoms with van der Waals surface area (Å²) in [6.07, 6.45) is -2.46. The number of nitrogens with one attached hydrogen (secondary N) is 1. The third kappa shape index (κ3) is 5.64. The highest BCUT2D eigenvalue weighted by molar-refractivity contribution is 5.85. The van der Waals surface area contributed by atoms with Crippen molar-refractivity contribution < 1.29 is 17.6 Å². The smallest absolute Gasteiger partial charge is 0.314 e. The van der Waals surface area contributed by atoms with Gasteiger partial charge in [0.1, 0.15) is 5.82 Å². The van der Waals surface area contributed by atoms with E-state index in [9.17, 15) is 17.6 Å². The minimum Gasteiger partial charge on any atom is -0.314 e. The zero-order valence-corrected chi connectivity index (χ0v) is 14.0. The number of nitrogens with zero attached hydrogens (tertiary/aromatic N) is 1. The Morgan fingerprint density at radius 2 is 1.83 bits per heavy atom. The van der Waals surface area contributed by atoms with Crippen LogP contribution in [0.5, 0.6) is 0 Å². The van der Waals surface area contributed by atoms with Gasteiger partial charge in [0, 0.05) is 32.2 Å². The van der Waals surface area contributed by atoms with E-state index in [0.29, 0.717) is 12.0 Å². The molecule has 0 aliphatic carbocycles. The average Bonchev–Trinajstić information content (AvgIpc) is 2.45. The van der Waals surface area contributed by atoms with E-state index in [2.05, 4.69) is 16.8 Å². The molecule has 1 fully saturated rings. The van der Waals surface area contributed by atoms with Gasteiger partial charge in [-0.05, 0) is 24.1 Å². The summed E-state index contributed by atoms with van der Waals surface area (Å²) in [5, 5.41) is 3.20. The number of benzene rings is 1. The molecule has 0 spiro atoms. The van der Waals surface area contributed by atoms with Crippen LogP contribution in [0.4, 0.5) is 17.6 Å². The van der Waals surface area contributed by atoms with E-state index >= 15 is 0 Å². The Hall–Kier alpha value is -0.820. The van der Waals surface area contributed by atoms with Crippen LogP contribution in [-0.4, -0.2) is 31.1 Å². The highest BCUT2D eigenvalue weighted by Gasteiger charge is 2.35. The lowest BCUT2D eigenvalue weighted by Crippen LogP contribution is -2.45. The molecule has 1 saturated heterocycles. The van der Waals surface area contributed by atoms with Gasteiger partial charge >= 0.3 is 6.18 Å². The Kier molecular flexibility index (Phi) is 9.13. The first-order valence-electron chi connectivity index (χ1n) is 6.86. The van der Waals surface area contributed by atoms with E-state index in [-0.39, 0.29) is 30.9 Å².